The molecule has 1 aliphatic heterocycles. The van der Waals surface area contributed by atoms with Gasteiger partial charge in [0.25, 0.3) is 0 Å². The first kappa shape index (κ1) is 14.4. The summed E-state index contributed by atoms with van der Waals surface area (Å²) in [5.74, 6) is 0.347. The summed E-state index contributed by atoms with van der Waals surface area (Å²) in [6.07, 6.45) is 0.0969. The van der Waals surface area contributed by atoms with Crippen LogP contribution in [-0.4, -0.2) is 42.1 Å². The standard InChI is InChI=1S/C14H23N3O2/c15-8-13(16)12-6-7-17(9-12)14(18)19-10-11-4-2-1-3-5-11/h1-5,12-14,18H,6-10,15-16H2. The van der Waals surface area contributed by atoms with Gasteiger partial charge in [0, 0.05) is 25.7 Å². The van der Waals surface area contributed by atoms with E-state index in [0.29, 0.717) is 19.1 Å². The summed E-state index contributed by atoms with van der Waals surface area (Å²) in [4.78, 5) is 1.91. The zero-order valence-corrected chi connectivity index (χ0v) is 11.1. The van der Waals surface area contributed by atoms with Gasteiger partial charge in [-0.3, -0.25) is 4.90 Å². The molecule has 3 atom stereocenters. The second kappa shape index (κ2) is 6.98. The fourth-order valence-corrected chi connectivity index (χ4v) is 2.41. The van der Waals surface area contributed by atoms with E-state index >= 15 is 0 Å². The lowest BCUT2D eigenvalue weighted by Gasteiger charge is -2.24. The number of benzene rings is 1. The largest absolute Gasteiger partial charge is 0.356 e. The maximum Gasteiger partial charge on any atom is 0.216 e. The quantitative estimate of drug-likeness (QED) is 0.635. The fourth-order valence-electron chi connectivity index (χ4n) is 2.41. The third-order valence-corrected chi connectivity index (χ3v) is 3.69. The first-order chi connectivity index (χ1) is 9.20. The van der Waals surface area contributed by atoms with Crippen molar-refractivity contribution in [1.82, 2.24) is 4.90 Å². The molecule has 1 fully saturated rings. The SMILES string of the molecule is NCC(N)C1CCN(C(O)OCc2ccccc2)C1. The lowest BCUT2D eigenvalue weighted by molar-refractivity contribution is -0.194. The summed E-state index contributed by atoms with van der Waals surface area (Å²) in [5, 5.41) is 10.0. The molecule has 0 aliphatic carbocycles. The van der Waals surface area contributed by atoms with Crippen LogP contribution in [0.3, 0.4) is 0 Å². The molecule has 106 valence electrons. The molecule has 0 aromatic heterocycles. The van der Waals surface area contributed by atoms with Crippen LogP contribution in [-0.2, 0) is 11.3 Å². The van der Waals surface area contributed by atoms with Crippen molar-refractivity contribution in [2.24, 2.45) is 17.4 Å². The fraction of sp³-hybridized carbons (Fsp3) is 0.571. The number of hydrogen-bond acceptors (Lipinski definition) is 5. The first-order valence-electron chi connectivity index (χ1n) is 6.74. The average molecular weight is 265 g/mol. The van der Waals surface area contributed by atoms with Gasteiger partial charge in [0.1, 0.15) is 0 Å². The third kappa shape index (κ3) is 3.99. The van der Waals surface area contributed by atoms with E-state index in [0.717, 1.165) is 25.1 Å². The van der Waals surface area contributed by atoms with E-state index in [1.165, 1.54) is 0 Å². The van der Waals surface area contributed by atoms with Crippen molar-refractivity contribution in [2.75, 3.05) is 19.6 Å². The number of nitrogens with two attached hydrogens (primary N) is 2. The van der Waals surface area contributed by atoms with Crippen molar-refractivity contribution in [1.29, 1.82) is 0 Å². The van der Waals surface area contributed by atoms with Crippen LogP contribution in [0, 0.1) is 5.92 Å². The molecule has 19 heavy (non-hydrogen) atoms. The van der Waals surface area contributed by atoms with Gasteiger partial charge in [-0.2, -0.15) is 0 Å². The van der Waals surface area contributed by atoms with Crippen LogP contribution < -0.4 is 11.5 Å². The van der Waals surface area contributed by atoms with Crippen molar-refractivity contribution in [3.05, 3.63) is 35.9 Å². The molecule has 0 amide bonds. The van der Waals surface area contributed by atoms with Crippen LogP contribution in [0.4, 0.5) is 0 Å². The summed E-state index contributed by atoms with van der Waals surface area (Å²) >= 11 is 0. The van der Waals surface area contributed by atoms with Crippen LogP contribution >= 0.6 is 0 Å². The molecule has 2 rings (SSSR count). The predicted molar refractivity (Wildman–Crippen MR) is 73.9 cm³/mol. The Morgan fingerprint density at radius 2 is 2.11 bits per heavy atom. The zero-order valence-electron chi connectivity index (χ0n) is 11.1. The lowest BCUT2D eigenvalue weighted by Crippen LogP contribution is -2.41. The molecular formula is C14H23N3O2. The number of rotatable bonds is 6. The number of nitrogens with zero attached hydrogens (tertiary/aromatic N) is 1. The molecule has 1 aliphatic rings. The van der Waals surface area contributed by atoms with Gasteiger partial charge >= 0.3 is 0 Å². The van der Waals surface area contributed by atoms with Crippen molar-refractivity contribution < 1.29 is 9.84 Å². The number of ether oxygens (including phenoxy) is 1. The van der Waals surface area contributed by atoms with Gasteiger partial charge in [0.15, 0.2) is 0 Å². The van der Waals surface area contributed by atoms with Crippen molar-refractivity contribution in [3.63, 3.8) is 0 Å². The Kier molecular flexibility index (Phi) is 5.30. The van der Waals surface area contributed by atoms with Crippen molar-refractivity contribution in [3.8, 4) is 0 Å². The predicted octanol–water partition coefficient (Wildman–Crippen LogP) is 0.0870. The molecular weight excluding hydrogens is 242 g/mol. The van der Waals surface area contributed by atoms with Gasteiger partial charge in [-0.15, -0.1) is 0 Å². The molecule has 1 heterocycles. The minimum absolute atomic E-state index is 0.00585. The molecule has 0 bridgehead atoms. The van der Waals surface area contributed by atoms with E-state index in [9.17, 15) is 5.11 Å². The highest BCUT2D eigenvalue weighted by Crippen LogP contribution is 2.20. The maximum atomic E-state index is 10.0. The topological polar surface area (TPSA) is 84.7 Å². The Morgan fingerprint density at radius 3 is 2.79 bits per heavy atom. The molecule has 5 nitrogen and oxygen atoms in total. The van der Waals surface area contributed by atoms with Gasteiger partial charge in [0.2, 0.25) is 6.41 Å². The van der Waals surface area contributed by atoms with Crippen LogP contribution in [0.5, 0.6) is 0 Å². The number of hydrogen-bond donors (Lipinski definition) is 3. The molecule has 0 saturated carbocycles. The highest BCUT2D eigenvalue weighted by atomic mass is 16.6. The van der Waals surface area contributed by atoms with Gasteiger partial charge in [-0.1, -0.05) is 30.3 Å². The molecule has 3 unspecified atom stereocenters. The number of aliphatic hydroxyl groups excluding tert-OH is 1. The summed E-state index contributed by atoms with van der Waals surface area (Å²) in [5.41, 5.74) is 12.6. The number of aliphatic hydroxyl groups is 1. The van der Waals surface area contributed by atoms with Crippen LogP contribution in [0.1, 0.15) is 12.0 Å². The summed E-state index contributed by atoms with van der Waals surface area (Å²) in [6, 6.07) is 9.83. The second-order valence-electron chi connectivity index (χ2n) is 5.07. The summed E-state index contributed by atoms with van der Waals surface area (Å²) in [6.45, 7) is 2.44. The van der Waals surface area contributed by atoms with E-state index in [-0.39, 0.29) is 6.04 Å². The van der Waals surface area contributed by atoms with Crippen LogP contribution in [0.2, 0.25) is 0 Å². The van der Waals surface area contributed by atoms with Gasteiger partial charge in [-0.25, -0.2) is 0 Å². The molecule has 5 heteroatoms. The van der Waals surface area contributed by atoms with Crippen LogP contribution in [0.25, 0.3) is 0 Å². The Labute approximate surface area is 114 Å². The molecule has 1 aromatic carbocycles. The lowest BCUT2D eigenvalue weighted by atomic mass is 10.0. The van der Waals surface area contributed by atoms with Gasteiger partial charge in [-0.05, 0) is 17.9 Å². The third-order valence-electron chi connectivity index (χ3n) is 3.69. The Morgan fingerprint density at radius 1 is 1.37 bits per heavy atom. The smallest absolute Gasteiger partial charge is 0.216 e. The maximum absolute atomic E-state index is 10.0. The Balaban J connectivity index is 1.77. The summed E-state index contributed by atoms with van der Waals surface area (Å²) < 4.78 is 5.48. The Bertz CT molecular complexity index is 374. The summed E-state index contributed by atoms with van der Waals surface area (Å²) in [7, 11) is 0. The number of likely N-dealkylation sites (tertiary alicyclic amines) is 1. The van der Waals surface area contributed by atoms with Crippen LogP contribution in [0.15, 0.2) is 30.3 Å². The van der Waals surface area contributed by atoms with Gasteiger partial charge in [0.05, 0.1) is 6.61 Å². The highest BCUT2D eigenvalue weighted by Gasteiger charge is 2.30. The Hall–Kier alpha value is -0.980. The van der Waals surface area contributed by atoms with E-state index in [1.807, 2.05) is 35.2 Å². The van der Waals surface area contributed by atoms with E-state index in [2.05, 4.69) is 0 Å². The molecule has 0 radical (unpaired) electrons. The first-order valence-corrected chi connectivity index (χ1v) is 6.74. The molecule has 5 N–H and O–H groups in total. The molecule has 1 aromatic rings. The van der Waals surface area contributed by atoms with E-state index in [4.69, 9.17) is 16.2 Å². The minimum atomic E-state index is -0.866. The molecule has 1 saturated heterocycles. The zero-order chi connectivity index (χ0) is 13.7. The average Bonchev–Trinajstić information content (AvgIpc) is 2.95. The van der Waals surface area contributed by atoms with Crippen molar-refractivity contribution in [2.45, 2.75) is 25.5 Å². The van der Waals surface area contributed by atoms with Gasteiger partial charge < -0.3 is 21.3 Å². The molecule has 0 spiro atoms. The highest BCUT2D eigenvalue weighted by molar-refractivity contribution is 5.13. The minimum Gasteiger partial charge on any atom is -0.356 e. The van der Waals surface area contributed by atoms with E-state index in [1.54, 1.807) is 0 Å². The second-order valence-corrected chi connectivity index (χ2v) is 5.07. The normalized spacial score (nSPS) is 23.4. The van der Waals surface area contributed by atoms with E-state index < -0.39 is 6.41 Å². The monoisotopic (exact) mass is 265 g/mol. The van der Waals surface area contributed by atoms with Crippen molar-refractivity contribution >= 4 is 0 Å².